The van der Waals surface area contributed by atoms with Gasteiger partial charge in [0.15, 0.2) is 0 Å². The summed E-state index contributed by atoms with van der Waals surface area (Å²) in [6.07, 6.45) is 0.527. The van der Waals surface area contributed by atoms with E-state index in [2.05, 4.69) is 5.32 Å². The van der Waals surface area contributed by atoms with Gasteiger partial charge >= 0.3 is 0 Å². The van der Waals surface area contributed by atoms with Crippen molar-refractivity contribution in [2.75, 3.05) is 13.1 Å². The Morgan fingerprint density at radius 1 is 1.46 bits per heavy atom. The van der Waals surface area contributed by atoms with Gasteiger partial charge in [0.2, 0.25) is 5.91 Å². The molecular formula is C7H6F2N2O2. The van der Waals surface area contributed by atoms with Gasteiger partial charge in [-0.25, -0.2) is 0 Å². The van der Waals surface area contributed by atoms with Gasteiger partial charge in [-0.15, -0.1) is 0 Å². The summed E-state index contributed by atoms with van der Waals surface area (Å²) < 4.78 is 25.5. The monoisotopic (exact) mass is 188 g/mol. The Morgan fingerprint density at radius 3 is 2.77 bits per heavy atom. The third kappa shape index (κ3) is 1.18. The molecule has 2 heterocycles. The van der Waals surface area contributed by atoms with Crippen LogP contribution in [0.1, 0.15) is 0 Å². The molecule has 1 N–H and O–H groups in total. The smallest absolute Gasteiger partial charge is 0.286 e. The van der Waals surface area contributed by atoms with Crippen LogP contribution >= 0.6 is 0 Å². The summed E-state index contributed by atoms with van der Waals surface area (Å²) in [5, 5.41) is 2.21. The largest absolute Gasteiger partial charge is 0.342 e. The first kappa shape index (κ1) is 8.15. The molecule has 0 aromatic heterocycles. The number of alkyl halides is 2. The average molecular weight is 188 g/mol. The Balaban J connectivity index is 2.37. The average Bonchev–Trinajstić information content (AvgIpc) is 2.35. The van der Waals surface area contributed by atoms with Crippen LogP contribution in [0.15, 0.2) is 11.8 Å². The molecule has 0 radical (unpaired) electrons. The molecule has 0 atom stereocenters. The molecule has 6 heteroatoms. The maximum absolute atomic E-state index is 12.7. The van der Waals surface area contributed by atoms with Gasteiger partial charge in [-0.05, 0) is 0 Å². The fourth-order valence-corrected chi connectivity index (χ4v) is 1.37. The quantitative estimate of drug-likeness (QED) is 0.556. The summed E-state index contributed by atoms with van der Waals surface area (Å²) in [6.45, 7) is -0.916. The maximum Gasteiger partial charge on any atom is 0.286 e. The van der Waals surface area contributed by atoms with E-state index >= 15 is 0 Å². The molecule has 4 nitrogen and oxygen atoms in total. The molecule has 0 aromatic rings. The zero-order valence-corrected chi connectivity index (χ0v) is 6.51. The molecule has 2 aliphatic heterocycles. The first-order valence-electron chi connectivity index (χ1n) is 3.69. The molecule has 13 heavy (non-hydrogen) atoms. The number of carbonyl (C=O) groups excluding carboxylic acids is 2. The summed E-state index contributed by atoms with van der Waals surface area (Å²) >= 11 is 0. The highest BCUT2D eigenvalue weighted by Gasteiger charge is 2.44. The van der Waals surface area contributed by atoms with Gasteiger partial charge in [-0.1, -0.05) is 0 Å². The van der Waals surface area contributed by atoms with Crippen LogP contribution in [0.3, 0.4) is 0 Å². The van der Waals surface area contributed by atoms with E-state index in [0.29, 0.717) is 6.08 Å². The van der Waals surface area contributed by atoms with Gasteiger partial charge in [-0.2, -0.15) is 8.78 Å². The Kier molecular flexibility index (Phi) is 1.43. The second kappa shape index (κ2) is 2.27. The Bertz CT molecular complexity index is 324. The van der Waals surface area contributed by atoms with Crippen LogP contribution in [-0.4, -0.2) is 35.7 Å². The van der Waals surface area contributed by atoms with Crippen molar-refractivity contribution in [2.45, 2.75) is 5.92 Å². The minimum absolute atomic E-state index is 0.202. The molecule has 1 saturated heterocycles. The predicted octanol–water partition coefficient (Wildman–Crippen LogP) is -0.522. The minimum atomic E-state index is -3.08. The number of carbonyl (C=O) groups is 2. The van der Waals surface area contributed by atoms with Crippen molar-refractivity contribution in [1.29, 1.82) is 0 Å². The Hall–Kier alpha value is -1.46. The van der Waals surface area contributed by atoms with Crippen LogP contribution in [0.5, 0.6) is 0 Å². The van der Waals surface area contributed by atoms with E-state index in [-0.39, 0.29) is 12.2 Å². The fourth-order valence-electron chi connectivity index (χ4n) is 1.37. The zero-order valence-electron chi connectivity index (χ0n) is 6.51. The van der Waals surface area contributed by atoms with E-state index in [1.165, 1.54) is 0 Å². The number of hydrogen-bond donors (Lipinski definition) is 1. The molecule has 0 bridgehead atoms. The minimum Gasteiger partial charge on any atom is -0.342 e. The SMILES string of the molecule is O=C1NCC(=O)N2CC(F)(F)C=C12. The molecule has 0 aliphatic carbocycles. The highest BCUT2D eigenvalue weighted by Crippen LogP contribution is 2.29. The number of piperazine rings is 1. The van der Waals surface area contributed by atoms with Crippen LogP contribution in [0, 0.1) is 0 Å². The summed E-state index contributed by atoms with van der Waals surface area (Å²) in [6, 6.07) is 0. The van der Waals surface area contributed by atoms with Gasteiger partial charge in [0.1, 0.15) is 5.70 Å². The first-order valence-corrected chi connectivity index (χ1v) is 3.69. The highest BCUT2D eigenvalue weighted by atomic mass is 19.3. The van der Waals surface area contributed by atoms with E-state index in [1.54, 1.807) is 0 Å². The van der Waals surface area contributed by atoms with Crippen LogP contribution < -0.4 is 5.32 Å². The number of nitrogens with zero attached hydrogens (tertiary/aromatic N) is 1. The number of hydrogen-bond acceptors (Lipinski definition) is 2. The second-order valence-electron chi connectivity index (χ2n) is 2.95. The molecule has 2 rings (SSSR count). The van der Waals surface area contributed by atoms with E-state index in [1.807, 2.05) is 0 Å². The van der Waals surface area contributed by atoms with Gasteiger partial charge < -0.3 is 5.32 Å². The topological polar surface area (TPSA) is 49.4 Å². The van der Waals surface area contributed by atoms with Crippen LogP contribution in [-0.2, 0) is 9.59 Å². The molecule has 1 fully saturated rings. The molecule has 0 aromatic carbocycles. The molecule has 70 valence electrons. The third-order valence-corrected chi connectivity index (χ3v) is 1.94. The Labute approximate surface area is 72.2 Å². The van der Waals surface area contributed by atoms with Crippen molar-refractivity contribution >= 4 is 11.8 Å². The number of rotatable bonds is 0. The van der Waals surface area contributed by atoms with Gasteiger partial charge in [-0.3, -0.25) is 14.5 Å². The van der Waals surface area contributed by atoms with Crippen molar-refractivity contribution in [3.63, 3.8) is 0 Å². The predicted molar refractivity (Wildman–Crippen MR) is 37.8 cm³/mol. The molecule has 2 amide bonds. The normalized spacial score (nSPS) is 25.4. The Morgan fingerprint density at radius 2 is 2.15 bits per heavy atom. The van der Waals surface area contributed by atoms with Crippen LogP contribution in [0.2, 0.25) is 0 Å². The van der Waals surface area contributed by atoms with Gasteiger partial charge in [0, 0.05) is 6.08 Å². The summed E-state index contributed by atoms with van der Waals surface area (Å²) in [5.74, 6) is -4.19. The van der Waals surface area contributed by atoms with Crippen molar-refractivity contribution in [2.24, 2.45) is 0 Å². The lowest BCUT2D eigenvalue weighted by Crippen LogP contribution is -2.48. The third-order valence-electron chi connectivity index (χ3n) is 1.94. The van der Waals surface area contributed by atoms with E-state index in [0.717, 1.165) is 4.90 Å². The van der Waals surface area contributed by atoms with Crippen molar-refractivity contribution in [3.8, 4) is 0 Å². The molecule has 2 aliphatic rings. The molecule has 0 saturated carbocycles. The first-order chi connectivity index (χ1) is 5.99. The second-order valence-corrected chi connectivity index (χ2v) is 2.95. The number of nitrogens with one attached hydrogen (secondary N) is 1. The lowest BCUT2D eigenvalue weighted by molar-refractivity contribution is -0.137. The highest BCUT2D eigenvalue weighted by molar-refractivity contribution is 6.03. The maximum atomic E-state index is 12.7. The van der Waals surface area contributed by atoms with Crippen molar-refractivity contribution in [1.82, 2.24) is 10.2 Å². The molecule has 0 spiro atoms. The zero-order chi connectivity index (χ0) is 9.64. The standard InChI is InChI=1S/C7H6F2N2O2/c8-7(9)1-4-6(13)10-2-5(12)11(4)3-7/h1H,2-3H2,(H,10,13). The van der Waals surface area contributed by atoms with Crippen molar-refractivity contribution in [3.05, 3.63) is 11.8 Å². The molecule has 0 unspecified atom stereocenters. The van der Waals surface area contributed by atoms with Gasteiger partial charge in [0.05, 0.1) is 13.1 Å². The number of amides is 2. The van der Waals surface area contributed by atoms with E-state index < -0.39 is 24.3 Å². The summed E-state index contributed by atoms with van der Waals surface area (Å²) in [7, 11) is 0. The lowest BCUT2D eigenvalue weighted by Gasteiger charge is -2.24. The van der Waals surface area contributed by atoms with Crippen LogP contribution in [0.25, 0.3) is 0 Å². The van der Waals surface area contributed by atoms with E-state index in [9.17, 15) is 18.4 Å². The number of halogens is 2. The number of fused-ring (bicyclic) bond motifs is 1. The van der Waals surface area contributed by atoms with E-state index in [4.69, 9.17) is 0 Å². The lowest BCUT2D eigenvalue weighted by atomic mass is 10.3. The van der Waals surface area contributed by atoms with Gasteiger partial charge in [0.25, 0.3) is 11.8 Å². The van der Waals surface area contributed by atoms with Crippen molar-refractivity contribution < 1.29 is 18.4 Å². The fraction of sp³-hybridized carbons (Fsp3) is 0.429. The summed E-state index contributed by atoms with van der Waals surface area (Å²) in [5.41, 5.74) is -0.235. The molecular weight excluding hydrogens is 182 g/mol. The van der Waals surface area contributed by atoms with Crippen LogP contribution in [0.4, 0.5) is 8.78 Å². The summed E-state index contributed by atoms with van der Waals surface area (Å²) in [4.78, 5) is 22.9.